The molecule has 6 nitrogen and oxygen atoms in total. The van der Waals surface area contributed by atoms with E-state index in [4.69, 9.17) is 4.74 Å². The molecule has 0 aliphatic carbocycles. The van der Waals surface area contributed by atoms with E-state index in [-0.39, 0.29) is 17.6 Å². The Hall–Kier alpha value is -3.35. The van der Waals surface area contributed by atoms with Crippen molar-refractivity contribution in [1.29, 1.82) is 0 Å². The zero-order valence-electron chi connectivity index (χ0n) is 16.1. The molecule has 0 saturated carbocycles. The Morgan fingerprint density at radius 3 is 2.79 bits per heavy atom. The van der Waals surface area contributed by atoms with E-state index in [1.165, 1.54) is 12.1 Å². The molecule has 1 fully saturated rings. The lowest BCUT2D eigenvalue weighted by atomic mass is 10.2. The van der Waals surface area contributed by atoms with E-state index in [9.17, 15) is 14.0 Å². The van der Waals surface area contributed by atoms with Crippen LogP contribution in [0.2, 0.25) is 0 Å². The van der Waals surface area contributed by atoms with E-state index in [1.807, 2.05) is 25.1 Å². The van der Waals surface area contributed by atoms with Gasteiger partial charge in [-0.1, -0.05) is 12.1 Å². The van der Waals surface area contributed by atoms with E-state index in [2.05, 4.69) is 10.3 Å². The summed E-state index contributed by atoms with van der Waals surface area (Å²) in [7, 11) is 0. The molecule has 0 bridgehead atoms. The minimum Gasteiger partial charge on any atom is -0.494 e. The van der Waals surface area contributed by atoms with Crippen molar-refractivity contribution in [1.82, 2.24) is 15.2 Å². The Labute approximate surface area is 167 Å². The predicted octanol–water partition coefficient (Wildman–Crippen LogP) is 3.24. The molecule has 2 amide bonds. The van der Waals surface area contributed by atoms with Gasteiger partial charge in [0.15, 0.2) is 0 Å². The summed E-state index contributed by atoms with van der Waals surface area (Å²) in [6.07, 6.45) is 0.542. The van der Waals surface area contributed by atoms with Crippen LogP contribution in [0.5, 0.6) is 5.75 Å². The quantitative estimate of drug-likeness (QED) is 0.673. The van der Waals surface area contributed by atoms with Crippen molar-refractivity contribution in [2.24, 2.45) is 0 Å². The number of hydrogen-bond donors (Lipinski definition) is 2. The summed E-state index contributed by atoms with van der Waals surface area (Å²) in [4.78, 5) is 30.1. The first-order chi connectivity index (χ1) is 14.0. The van der Waals surface area contributed by atoms with Gasteiger partial charge in [-0.25, -0.2) is 4.39 Å². The highest BCUT2D eigenvalue weighted by Crippen LogP contribution is 2.22. The van der Waals surface area contributed by atoms with Gasteiger partial charge in [-0.2, -0.15) is 0 Å². The first kappa shape index (κ1) is 19.0. The van der Waals surface area contributed by atoms with Crippen molar-refractivity contribution < 1.29 is 18.7 Å². The van der Waals surface area contributed by atoms with Crippen LogP contribution in [0.4, 0.5) is 4.39 Å². The van der Waals surface area contributed by atoms with E-state index < -0.39 is 6.04 Å². The number of nitrogens with zero attached hydrogens (tertiary/aromatic N) is 1. The number of rotatable bonds is 6. The van der Waals surface area contributed by atoms with Crippen LogP contribution in [-0.2, 0) is 11.3 Å². The Morgan fingerprint density at radius 1 is 1.24 bits per heavy atom. The number of halogens is 1. The minimum atomic E-state index is -0.562. The molecule has 1 aromatic heterocycles. The van der Waals surface area contributed by atoms with E-state index >= 15 is 0 Å². The van der Waals surface area contributed by atoms with E-state index in [1.54, 1.807) is 23.1 Å². The van der Waals surface area contributed by atoms with Gasteiger partial charge in [-0.15, -0.1) is 0 Å². The van der Waals surface area contributed by atoms with Crippen molar-refractivity contribution >= 4 is 22.7 Å². The number of fused-ring (bicyclic) bond motifs is 1. The maximum Gasteiger partial charge on any atom is 0.268 e. The number of H-pyrrole nitrogens is 1. The average molecular weight is 395 g/mol. The molecule has 1 aliphatic heterocycles. The average Bonchev–Trinajstić information content (AvgIpc) is 3.28. The van der Waals surface area contributed by atoms with Gasteiger partial charge in [0.1, 0.15) is 23.3 Å². The number of amides is 2. The monoisotopic (exact) mass is 395 g/mol. The summed E-state index contributed by atoms with van der Waals surface area (Å²) < 4.78 is 18.5. The lowest BCUT2D eigenvalue weighted by Crippen LogP contribution is -2.41. The van der Waals surface area contributed by atoms with Crippen LogP contribution >= 0.6 is 0 Å². The molecule has 0 spiro atoms. The molecule has 1 atom stereocenters. The number of aromatic amines is 1. The van der Waals surface area contributed by atoms with Crippen molar-refractivity contribution in [2.45, 2.75) is 25.9 Å². The smallest absolute Gasteiger partial charge is 0.268 e. The van der Waals surface area contributed by atoms with Crippen LogP contribution in [0.3, 0.4) is 0 Å². The number of likely N-dealkylation sites (tertiary alicyclic amines) is 1. The van der Waals surface area contributed by atoms with Crippen LogP contribution in [-0.4, -0.2) is 40.9 Å². The second kappa shape index (κ2) is 7.95. The molecule has 1 saturated heterocycles. The summed E-state index contributed by atoms with van der Waals surface area (Å²) in [6, 6.07) is 12.9. The van der Waals surface area contributed by atoms with Gasteiger partial charge >= 0.3 is 0 Å². The lowest BCUT2D eigenvalue weighted by molar-refractivity contribution is -0.129. The van der Waals surface area contributed by atoms with Crippen molar-refractivity contribution in [3.63, 3.8) is 0 Å². The normalized spacial score (nSPS) is 16.4. The molecular formula is C22H22FN3O3. The summed E-state index contributed by atoms with van der Waals surface area (Å²) in [5.41, 5.74) is 2.06. The third-order valence-electron chi connectivity index (χ3n) is 5.04. The molecule has 2 aromatic carbocycles. The molecule has 3 aromatic rings. The number of carbonyl (C=O) groups is 2. The van der Waals surface area contributed by atoms with Gasteiger partial charge < -0.3 is 19.9 Å². The maximum atomic E-state index is 13.0. The van der Waals surface area contributed by atoms with Crippen LogP contribution in [0.15, 0.2) is 48.5 Å². The zero-order chi connectivity index (χ0) is 20.4. The molecule has 2 heterocycles. The van der Waals surface area contributed by atoms with Gasteiger partial charge in [-0.3, -0.25) is 9.59 Å². The Kier molecular flexibility index (Phi) is 5.20. The first-order valence-corrected chi connectivity index (χ1v) is 9.63. The zero-order valence-corrected chi connectivity index (χ0v) is 16.1. The first-order valence-electron chi connectivity index (χ1n) is 9.63. The highest BCUT2D eigenvalue weighted by Gasteiger charge is 2.33. The predicted molar refractivity (Wildman–Crippen MR) is 107 cm³/mol. The molecule has 1 aliphatic rings. The molecule has 0 unspecified atom stereocenters. The van der Waals surface area contributed by atoms with Crippen LogP contribution in [0.25, 0.3) is 10.9 Å². The number of nitrogens with one attached hydrogen (secondary N) is 2. The molecular weight excluding hydrogens is 373 g/mol. The number of hydrogen-bond acceptors (Lipinski definition) is 3. The van der Waals surface area contributed by atoms with Crippen LogP contribution < -0.4 is 10.1 Å². The van der Waals surface area contributed by atoms with Gasteiger partial charge in [0, 0.05) is 30.1 Å². The SMILES string of the molecule is CCOc1ccc2cc(C(=O)N[C@H]3CCN(Cc4ccc(F)cc4)C3=O)[nH]c2c1. The van der Waals surface area contributed by atoms with Crippen molar-refractivity contribution in [2.75, 3.05) is 13.2 Å². The van der Waals surface area contributed by atoms with Gasteiger partial charge in [0.25, 0.3) is 5.91 Å². The molecule has 150 valence electrons. The Morgan fingerprint density at radius 2 is 2.03 bits per heavy atom. The number of aromatic nitrogens is 1. The largest absolute Gasteiger partial charge is 0.494 e. The third-order valence-corrected chi connectivity index (χ3v) is 5.04. The number of carbonyl (C=O) groups excluding carboxylic acids is 2. The second-order valence-corrected chi connectivity index (χ2v) is 7.07. The van der Waals surface area contributed by atoms with E-state index in [0.717, 1.165) is 22.2 Å². The summed E-state index contributed by atoms with van der Waals surface area (Å²) >= 11 is 0. The fraction of sp³-hybridized carbons (Fsp3) is 0.273. The molecule has 29 heavy (non-hydrogen) atoms. The molecule has 7 heteroatoms. The summed E-state index contributed by atoms with van der Waals surface area (Å²) in [5, 5.41) is 3.72. The lowest BCUT2D eigenvalue weighted by Gasteiger charge is -2.17. The van der Waals surface area contributed by atoms with Crippen LogP contribution in [0, 0.1) is 5.82 Å². The highest BCUT2D eigenvalue weighted by atomic mass is 19.1. The standard InChI is InChI=1S/C22H22FN3O3/c1-2-29-17-8-5-15-11-20(24-19(15)12-17)21(27)25-18-9-10-26(22(18)28)13-14-3-6-16(23)7-4-14/h3-8,11-12,18,24H,2,9-10,13H2,1H3,(H,25,27)/t18-/m0/s1. The minimum absolute atomic E-state index is 0.127. The fourth-order valence-electron chi connectivity index (χ4n) is 3.56. The van der Waals surface area contributed by atoms with Crippen molar-refractivity contribution in [3.8, 4) is 5.75 Å². The molecule has 0 radical (unpaired) electrons. The topological polar surface area (TPSA) is 74.4 Å². The van der Waals surface area contributed by atoms with Gasteiger partial charge in [-0.05, 0) is 49.2 Å². The van der Waals surface area contributed by atoms with E-state index in [0.29, 0.717) is 31.8 Å². The fourth-order valence-corrected chi connectivity index (χ4v) is 3.56. The Balaban J connectivity index is 1.41. The summed E-state index contributed by atoms with van der Waals surface area (Å²) in [5.74, 6) is -0.0203. The number of ether oxygens (including phenoxy) is 1. The number of benzene rings is 2. The van der Waals surface area contributed by atoms with Gasteiger partial charge in [0.2, 0.25) is 5.91 Å². The third kappa shape index (κ3) is 4.08. The maximum absolute atomic E-state index is 13.0. The van der Waals surface area contributed by atoms with Crippen LogP contribution in [0.1, 0.15) is 29.4 Å². The molecule has 2 N–H and O–H groups in total. The van der Waals surface area contributed by atoms with Gasteiger partial charge in [0.05, 0.1) is 6.61 Å². The second-order valence-electron chi connectivity index (χ2n) is 7.07. The summed E-state index contributed by atoms with van der Waals surface area (Å²) in [6.45, 7) is 3.43. The van der Waals surface area contributed by atoms with Crippen molar-refractivity contribution in [3.05, 3.63) is 65.6 Å². The molecule has 4 rings (SSSR count). The highest BCUT2D eigenvalue weighted by molar-refractivity contribution is 6.00. The Bertz CT molecular complexity index is 1050.